The molecule has 0 aliphatic rings. The van der Waals surface area contributed by atoms with E-state index in [9.17, 15) is 30.0 Å². The van der Waals surface area contributed by atoms with Crippen LogP contribution >= 0.6 is 0 Å². The summed E-state index contributed by atoms with van der Waals surface area (Å²) in [7, 11) is -6.59. The summed E-state index contributed by atoms with van der Waals surface area (Å²) in [4.78, 5) is 11.2. The molecule has 0 unspecified atom stereocenters. The van der Waals surface area contributed by atoms with E-state index < -0.39 is 32.2 Å². The molecule has 220 valence electrons. The number of nitrogens with one attached hydrogen (secondary N) is 2. The molecule has 0 aliphatic heterocycles. The minimum atomic E-state index is -5.08. The van der Waals surface area contributed by atoms with Crippen molar-refractivity contribution in [2.75, 3.05) is 54.7 Å². The number of ether oxygens (including phenoxy) is 1. The maximum absolute atomic E-state index is 11.3. The van der Waals surface area contributed by atoms with Crippen LogP contribution in [0.1, 0.15) is 12.0 Å². The average Bonchev–Trinajstić information content (AvgIpc) is 2.80. The number of aliphatic carboxylic acids is 1. The second kappa shape index (κ2) is 15.5. The number of benzene rings is 2. The average molecular weight is 599 g/mol. The molecule has 2 aromatic rings. The summed E-state index contributed by atoms with van der Waals surface area (Å²) >= 11 is 0. The van der Waals surface area contributed by atoms with Gasteiger partial charge in [-0.3, -0.25) is 14.3 Å². The molecule has 0 saturated carbocycles. The van der Waals surface area contributed by atoms with Crippen LogP contribution in [0.25, 0.3) is 0 Å². The van der Waals surface area contributed by atoms with Crippen molar-refractivity contribution in [3.63, 3.8) is 0 Å². The number of rotatable bonds is 14. The molecule has 0 bridgehead atoms. The monoisotopic (exact) mass is 598 g/mol. The van der Waals surface area contributed by atoms with E-state index in [0.29, 0.717) is 30.3 Å². The van der Waals surface area contributed by atoms with Crippen LogP contribution in [0.4, 0.5) is 24.5 Å². The van der Waals surface area contributed by atoms with Crippen molar-refractivity contribution in [1.82, 2.24) is 4.90 Å². The van der Waals surface area contributed by atoms with Gasteiger partial charge in [0.15, 0.2) is 0 Å². The van der Waals surface area contributed by atoms with E-state index in [1.54, 1.807) is 36.4 Å². The first-order valence-electron chi connectivity index (χ1n) is 11.5. The second-order valence-electron chi connectivity index (χ2n) is 8.35. The summed E-state index contributed by atoms with van der Waals surface area (Å²) in [6.45, 7) is 3.49. The lowest BCUT2D eigenvalue weighted by atomic mass is 10.1. The number of nitrogens with zero attached hydrogens (tertiary/aromatic N) is 1. The summed E-state index contributed by atoms with van der Waals surface area (Å²) in [6, 6.07) is 14.1. The predicted octanol–water partition coefficient (Wildman–Crippen LogP) is 2.34. The SMILES string of the molecule is CS(=O)(=O)Nc1ccc(CCN(CCCN)CCOc2ccc(NS(C)(=O)=O)cc2)cc1.O=C(O)C(F)(F)F. The van der Waals surface area contributed by atoms with E-state index in [4.69, 9.17) is 20.4 Å². The number of carbonyl (C=O) groups is 1. The van der Waals surface area contributed by atoms with Crippen molar-refractivity contribution in [2.45, 2.75) is 19.0 Å². The standard InChI is InChI=1S/C21H32N4O5S2.C2HF3O2/c1-31(26,27)23-19-6-4-18(5-7-19)12-15-25(14-3-13-22)16-17-30-21-10-8-20(9-11-21)24-32(2,28)29;3-2(4,5)1(6)7/h4-11,23-24H,3,12-17,22H2,1-2H3;(H,6,7). The molecule has 0 amide bonds. The van der Waals surface area contributed by atoms with Gasteiger partial charge in [-0.15, -0.1) is 0 Å². The second-order valence-corrected chi connectivity index (χ2v) is 11.9. The Morgan fingerprint density at radius 1 is 0.897 bits per heavy atom. The molecule has 0 saturated heterocycles. The van der Waals surface area contributed by atoms with E-state index in [0.717, 1.165) is 50.6 Å². The lowest BCUT2D eigenvalue weighted by Crippen LogP contribution is -2.32. The Kier molecular flexibility index (Phi) is 13.5. The third-order valence-electron chi connectivity index (χ3n) is 4.73. The Hall–Kier alpha value is -3.08. The first-order chi connectivity index (χ1) is 18.0. The van der Waals surface area contributed by atoms with Crippen molar-refractivity contribution >= 4 is 37.4 Å². The molecule has 0 atom stereocenters. The van der Waals surface area contributed by atoms with Crippen molar-refractivity contribution in [1.29, 1.82) is 0 Å². The number of sulfonamides is 2. The van der Waals surface area contributed by atoms with Gasteiger partial charge in [-0.2, -0.15) is 13.2 Å². The van der Waals surface area contributed by atoms with E-state index in [1.807, 2.05) is 12.1 Å². The molecule has 0 aliphatic carbocycles. The normalized spacial score (nSPS) is 11.9. The van der Waals surface area contributed by atoms with Gasteiger partial charge in [-0.25, -0.2) is 21.6 Å². The minimum Gasteiger partial charge on any atom is -0.492 e. The van der Waals surface area contributed by atoms with Gasteiger partial charge < -0.3 is 15.6 Å². The summed E-state index contributed by atoms with van der Waals surface area (Å²) in [5.41, 5.74) is 7.81. The Bertz CT molecular complexity index is 1240. The number of hydrogen-bond donors (Lipinski definition) is 4. The number of hydrogen-bond acceptors (Lipinski definition) is 8. The highest BCUT2D eigenvalue weighted by atomic mass is 32.2. The predicted molar refractivity (Wildman–Crippen MR) is 143 cm³/mol. The highest BCUT2D eigenvalue weighted by Gasteiger charge is 2.38. The molecular formula is C23H33F3N4O7S2. The molecule has 0 heterocycles. The maximum Gasteiger partial charge on any atom is 0.490 e. The zero-order valence-corrected chi connectivity index (χ0v) is 23.1. The van der Waals surface area contributed by atoms with Gasteiger partial charge in [-0.1, -0.05) is 12.1 Å². The lowest BCUT2D eigenvalue weighted by molar-refractivity contribution is -0.192. The molecular weight excluding hydrogens is 565 g/mol. The summed E-state index contributed by atoms with van der Waals surface area (Å²) in [6.07, 6.45) is -1.16. The molecule has 16 heteroatoms. The Balaban J connectivity index is 0.000000956. The van der Waals surface area contributed by atoms with Crippen molar-refractivity contribution in [3.05, 3.63) is 54.1 Å². The molecule has 0 radical (unpaired) electrons. The van der Waals surface area contributed by atoms with Crippen LogP contribution < -0.4 is 19.9 Å². The van der Waals surface area contributed by atoms with Crippen LogP contribution in [0, 0.1) is 0 Å². The van der Waals surface area contributed by atoms with Crippen LogP contribution in [0.15, 0.2) is 48.5 Å². The Morgan fingerprint density at radius 3 is 1.77 bits per heavy atom. The van der Waals surface area contributed by atoms with E-state index in [1.165, 1.54) is 0 Å². The third-order valence-corrected chi connectivity index (χ3v) is 5.94. The van der Waals surface area contributed by atoms with Gasteiger partial charge in [0, 0.05) is 24.5 Å². The van der Waals surface area contributed by atoms with Crippen LogP contribution in [-0.4, -0.2) is 84.3 Å². The highest BCUT2D eigenvalue weighted by molar-refractivity contribution is 7.92. The number of carboxylic acid groups (broad SMARTS) is 1. The molecule has 0 spiro atoms. The van der Waals surface area contributed by atoms with Crippen molar-refractivity contribution < 1.29 is 44.6 Å². The van der Waals surface area contributed by atoms with Gasteiger partial charge in [0.1, 0.15) is 12.4 Å². The molecule has 5 N–H and O–H groups in total. The molecule has 11 nitrogen and oxygen atoms in total. The zero-order valence-electron chi connectivity index (χ0n) is 21.4. The summed E-state index contributed by atoms with van der Waals surface area (Å²) < 4.78 is 87.6. The third kappa shape index (κ3) is 16.5. The minimum absolute atomic E-state index is 0.487. The van der Waals surface area contributed by atoms with Crippen LogP contribution in [0.5, 0.6) is 5.75 Å². The van der Waals surface area contributed by atoms with Gasteiger partial charge in [0.05, 0.1) is 12.5 Å². The molecule has 39 heavy (non-hydrogen) atoms. The first-order valence-corrected chi connectivity index (χ1v) is 15.3. The Morgan fingerprint density at radius 2 is 1.36 bits per heavy atom. The Labute approximate surface area is 226 Å². The van der Waals surface area contributed by atoms with Gasteiger partial charge in [0.2, 0.25) is 20.0 Å². The van der Waals surface area contributed by atoms with Crippen LogP contribution in [0.3, 0.4) is 0 Å². The van der Waals surface area contributed by atoms with Crippen LogP contribution in [-0.2, 0) is 31.3 Å². The van der Waals surface area contributed by atoms with E-state index in [2.05, 4.69) is 14.3 Å². The van der Waals surface area contributed by atoms with Gasteiger partial charge in [-0.05, 0) is 67.9 Å². The highest BCUT2D eigenvalue weighted by Crippen LogP contribution is 2.17. The number of carboxylic acids is 1. The fourth-order valence-electron chi connectivity index (χ4n) is 3.02. The van der Waals surface area contributed by atoms with Crippen molar-refractivity contribution in [2.24, 2.45) is 5.73 Å². The quantitative estimate of drug-likeness (QED) is 0.255. The molecule has 2 aromatic carbocycles. The van der Waals surface area contributed by atoms with Crippen LogP contribution in [0.2, 0.25) is 0 Å². The van der Waals surface area contributed by atoms with Gasteiger partial charge >= 0.3 is 12.1 Å². The fourth-order valence-corrected chi connectivity index (χ4v) is 4.15. The number of nitrogens with two attached hydrogens (primary N) is 1. The first kappa shape index (κ1) is 33.9. The number of halogens is 3. The van der Waals surface area contributed by atoms with Gasteiger partial charge in [0.25, 0.3) is 0 Å². The maximum atomic E-state index is 11.3. The fraction of sp³-hybridized carbons (Fsp3) is 0.435. The topological polar surface area (TPSA) is 168 Å². The zero-order chi connectivity index (χ0) is 29.7. The summed E-state index contributed by atoms with van der Waals surface area (Å²) in [5.74, 6) is -2.09. The largest absolute Gasteiger partial charge is 0.492 e. The van der Waals surface area contributed by atoms with E-state index in [-0.39, 0.29) is 0 Å². The smallest absolute Gasteiger partial charge is 0.490 e. The molecule has 0 fully saturated rings. The van der Waals surface area contributed by atoms with E-state index >= 15 is 0 Å². The van der Waals surface area contributed by atoms with Crippen molar-refractivity contribution in [3.8, 4) is 5.75 Å². The summed E-state index contributed by atoms with van der Waals surface area (Å²) in [5, 5.41) is 7.12. The number of anilines is 2. The lowest BCUT2D eigenvalue weighted by Gasteiger charge is -2.22. The molecule has 0 aromatic heterocycles. The molecule has 2 rings (SSSR count). The number of alkyl halides is 3.